The number of amides is 1. The molecule has 0 saturated heterocycles. The maximum absolute atomic E-state index is 12.8. The van der Waals surface area contributed by atoms with E-state index < -0.39 is 4.92 Å². The number of para-hydroxylation sites is 1. The van der Waals surface area contributed by atoms with Gasteiger partial charge >= 0.3 is 0 Å². The summed E-state index contributed by atoms with van der Waals surface area (Å²) in [4.78, 5) is 26.7. The Morgan fingerprint density at radius 2 is 2.17 bits per heavy atom. The number of rotatable bonds is 4. The van der Waals surface area contributed by atoms with Gasteiger partial charge in [-0.05, 0) is 29.9 Å². The molecule has 2 aromatic rings. The Morgan fingerprint density at radius 1 is 1.39 bits per heavy atom. The lowest BCUT2D eigenvalue weighted by Gasteiger charge is -2.35. The lowest BCUT2D eigenvalue weighted by Crippen LogP contribution is -2.40. The SMILES string of the molecule is CC[C@H]1c2ccsc2CCN1C(=O)Cc1ccccc1[N+](=O)[O-]. The number of fused-ring (bicyclic) bond motifs is 1. The molecule has 1 aromatic carbocycles. The Kier molecular flexibility index (Phi) is 4.43. The molecule has 0 fully saturated rings. The molecule has 1 atom stereocenters. The van der Waals surface area contributed by atoms with Crippen LogP contribution in [0.2, 0.25) is 0 Å². The molecule has 0 bridgehead atoms. The summed E-state index contributed by atoms with van der Waals surface area (Å²) >= 11 is 1.74. The predicted molar refractivity (Wildman–Crippen MR) is 89.6 cm³/mol. The van der Waals surface area contributed by atoms with Crippen molar-refractivity contribution in [3.8, 4) is 0 Å². The largest absolute Gasteiger partial charge is 0.335 e. The van der Waals surface area contributed by atoms with Gasteiger partial charge < -0.3 is 4.90 Å². The van der Waals surface area contributed by atoms with Gasteiger partial charge in [-0.2, -0.15) is 0 Å². The zero-order chi connectivity index (χ0) is 16.4. The molecule has 23 heavy (non-hydrogen) atoms. The van der Waals surface area contributed by atoms with Crippen LogP contribution >= 0.6 is 11.3 Å². The molecular formula is C17H18N2O3S. The molecule has 0 N–H and O–H groups in total. The lowest BCUT2D eigenvalue weighted by atomic mass is 9.96. The van der Waals surface area contributed by atoms with Crippen LogP contribution in [0.4, 0.5) is 5.69 Å². The van der Waals surface area contributed by atoms with Crippen LogP contribution < -0.4 is 0 Å². The highest BCUT2D eigenvalue weighted by Crippen LogP contribution is 2.35. The number of hydrogen-bond donors (Lipinski definition) is 0. The van der Waals surface area contributed by atoms with E-state index in [1.807, 2.05) is 4.90 Å². The van der Waals surface area contributed by atoms with Gasteiger partial charge in [0.2, 0.25) is 5.91 Å². The molecule has 0 spiro atoms. The normalized spacial score (nSPS) is 16.9. The number of carbonyl (C=O) groups is 1. The highest BCUT2D eigenvalue weighted by atomic mass is 32.1. The average molecular weight is 330 g/mol. The molecule has 1 aliphatic heterocycles. The third-order valence-corrected chi connectivity index (χ3v) is 5.33. The Labute approximate surface area is 138 Å². The van der Waals surface area contributed by atoms with Crippen molar-refractivity contribution in [2.45, 2.75) is 32.2 Å². The summed E-state index contributed by atoms with van der Waals surface area (Å²) in [7, 11) is 0. The molecule has 1 aromatic heterocycles. The van der Waals surface area contributed by atoms with Crippen LogP contribution in [0.25, 0.3) is 0 Å². The number of nitrogens with zero attached hydrogens (tertiary/aromatic N) is 2. The Hall–Kier alpha value is -2.21. The summed E-state index contributed by atoms with van der Waals surface area (Å²) in [5, 5.41) is 13.2. The number of carbonyl (C=O) groups excluding carboxylic acids is 1. The molecular weight excluding hydrogens is 312 g/mol. The summed E-state index contributed by atoms with van der Waals surface area (Å²) in [5.74, 6) is -0.0389. The topological polar surface area (TPSA) is 63.5 Å². The number of nitro benzene ring substituents is 1. The van der Waals surface area contributed by atoms with Crippen LogP contribution in [-0.4, -0.2) is 22.3 Å². The van der Waals surface area contributed by atoms with Gasteiger partial charge in [0.25, 0.3) is 5.69 Å². The van der Waals surface area contributed by atoms with Gasteiger partial charge in [-0.1, -0.05) is 25.1 Å². The first-order valence-corrected chi connectivity index (χ1v) is 8.57. The van der Waals surface area contributed by atoms with Crippen LogP contribution in [0.15, 0.2) is 35.7 Å². The summed E-state index contributed by atoms with van der Waals surface area (Å²) in [5.41, 5.74) is 1.73. The Balaban J connectivity index is 1.83. The third-order valence-electron chi connectivity index (χ3n) is 4.33. The molecule has 6 heteroatoms. The zero-order valence-corrected chi connectivity index (χ0v) is 13.7. The van der Waals surface area contributed by atoms with Gasteiger partial charge in [-0.15, -0.1) is 11.3 Å². The minimum atomic E-state index is -0.424. The van der Waals surface area contributed by atoms with E-state index in [1.165, 1.54) is 16.5 Å². The molecule has 0 aliphatic carbocycles. The lowest BCUT2D eigenvalue weighted by molar-refractivity contribution is -0.385. The van der Waals surface area contributed by atoms with Crippen molar-refractivity contribution in [1.82, 2.24) is 4.90 Å². The first-order chi connectivity index (χ1) is 11.1. The first-order valence-electron chi connectivity index (χ1n) is 7.69. The standard InChI is InChI=1S/C17H18N2O3S/c1-2-14-13-8-10-23-16(13)7-9-18(14)17(20)11-12-5-3-4-6-15(12)19(21)22/h3-6,8,10,14H,2,7,9,11H2,1H3/t14-/m0/s1. The molecule has 0 saturated carbocycles. The fourth-order valence-corrected chi connectivity index (χ4v) is 4.17. The maximum Gasteiger partial charge on any atom is 0.273 e. The Morgan fingerprint density at radius 3 is 2.91 bits per heavy atom. The second-order valence-electron chi connectivity index (χ2n) is 5.62. The zero-order valence-electron chi connectivity index (χ0n) is 12.9. The first kappa shape index (κ1) is 15.7. The van der Waals surface area contributed by atoms with Crippen LogP contribution in [0, 0.1) is 10.1 Å². The molecule has 120 valence electrons. The third kappa shape index (κ3) is 2.99. The summed E-state index contributed by atoms with van der Waals surface area (Å²) < 4.78 is 0. The minimum Gasteiger partial charge on any atom is -0.335 e. The molecule has 0 unspecified atom stereocenters. The van der Waals surface area contributed by atoms with Crippen LogP contribution in [0.5, 0.6) is 0 Å². The van der Waals surface area contributed by atoms with Crippen molar-refractivity contribution >= 4 is 22.9 Å². The van der Waals surface area contributed by atoms with Gasteiger partial charge in [-0.3, -0.25) is 14.9 Å². The summed E-state index contributed by atoms with van der Waals surface area (Å²) in [6.07, 6.45) is 1.80. The second-order valence-corrected chi connectivity index (χ2v) is 6.62. The van der Waals surface area contributed by atoms with E-state index in [4.69, 9.17) is 0 Å². The van der Waals surface area contributed by atoms with Gasteiger partial charge in [0.1, 0.15) is 0 Å². The van der Waals surface area contributed by atoms with Crippen LogP contribution in [-0.2, 0) is 17.6 Å². The minimum absolute atomic E-state index is 0.0159. The Bertz CT molecular complexity index is 741. The number of hydrogen-bond acceptors (Lipinski definition) is 4. The van der Waals surface area contributed by atoms with Crippen LogP contribution in [0.3, 0.4) is 0 Å². The molecule has 0 radical (unpaired) electrons. The van der Waals surface area contributed by atoms with Gasteiger partial charge in [-0.25, -0.2) is 0 Å². The van der Waals surface area contributed by atoms with Crippen molar-refractivity contribution in [3.63, 3.8) is 0 Å². The molecule has 5 nitrogen and oxygen atoms in total. The van der Waals surface area contributed by atoms with Crippen molar-refractivity contribution in [2.75, 3.05) is 6.54 Å². The molecule has 1 amide bonds. The van der Waals surface area contributed by atoms with Crippen molar-refractivity contribution in [2.24, 2.45) is 0 Å². The number of nitro groups is 1. The number of benzene rings is 1. The molecule has 1 aliphatic rings. The fourth-order valence-electron chi connectivity index (χ4n) is 3.24. The van der Waals surface area contributed by atoms with Gasteiger partial charge in [0, 0.05) is 23.1 Å². The van der Waals surface area contributed by atoms with Gasteiger partial charge in [0.05, 0.1) is 17.4 Å². The smallest absolute Gasteiger partial charge is 0.273 e. The number of thiophene rings is 1. The van der Waals surface area contributed by atoms with E-state index in [-0.39, 0.29) is 24.1 Å². The van der Waals surface area contributed by atoms with E-state index in [0.717, 1.165) is 12.8 Å². The highest BCUT2D eigenvalue weighted by Gasteiger charge is 2.31. The summed E-state index contributed by atoms with van der Waals surface area (Å²) in [6.45, 7) is 2.76. The van der Waals surface area contributed by atoms with E-state index in [9.17, 15) is 14.9 Å². The average Bonchev–Trinajstić information content (AvgIpc) is 3.02. The van der Waals surface area contributed by atoms with E-state index in [2.05, 4.69) is 18.4 Å². The maximum atomic E-state index is 12.8. The molecule has 2 heterocycles. The van der Waals surface area contributed by atoms with Crippen LogP contribution in [0.1, 0.15) is 35.4 Å². The predicted octanol–water partition coefficient (Wildman–Crippen LogP) is 3.73. The van der Waals surface area contributed by atoms with Crippen molar-refractivity contribution in [3.05, 3.63) is 61.8 Å². The highest BCUT2D eigenvalue weighted by molar-refractivity contribution is 7.10. The van der Waals surface area contributed by atoms with Gasteiger partial charge in [0.15, 0.2) is 0 Å². The van der Waals surface area contributed by atoms with E-state index >= 15 is 0 Å². The van der Waals surface area contributed by atoms with Crippen molar-refractivity contribution in [1.29, 1.82) is 0 Å². The van der Waals surface area contributed by atoms with E-state index in [0.29, 0.717) is 12.1 Å². The van der Waals surface area contributed by atoms with Crippen molar-refractivity contribution < 1.29 is 9.72 Å². The monoisotopic (exact) mass is 330 g/mol. The second kappa shape index (κ2) is 6.50. The molecule has 3 rings (SSSR count). The summed E-state index contributed by atoms with van der Waals surface area (Å²) in [6, 6.07) is 8.66. The van der Waals surface area contributed by atoms with E-state index in [1.54, 1.807) is 29.5 Å². The fraction of sp³-hybridized carbons (Fsp3) is 0.353. The quantitative estimate of drug-likeness (QED) is 0.634.